The van der Waals surface area contributed by atoms with Crippen LogP contribution >= 0.6 is 0 Å². The quantitative estimate of drug-likeness (QED) is 0.648. The summed E-state index contributed by atoms with van der Waals surface area (Å²) in [6.07, 6.45) is 5.59. The topological polar surface area (TPSA) is 90.5 Å². The molecule has 1 aromatic carbocycles. The Morgan fingerprint density at radius 3 is 2.62 bits per heavy atom. The third-order valence-electron chi connectivity index (χ3n) is 7.22. The van der Waals surface area contributed by atoms with E-state index in [9.17, 15) is 14.4 Å². The van der Waals surface area contributed by atoms with Crippen LogP contribution in [0, 0.1) is 5.92 Å². The first-order valence-corrected chi connectivity index (χ1v) is 10.8. The summed E-state index contributed by atoms with van der Waals surface area (Å²) < 4.78 is 0. The average Bonchev–Trinajstić information content (AvgIpc) is 3.46. The van der Waals surface area contributed by atoms with Crippen molar-refractivity contribution in [1.82, 2.24) is 20.9 Å². The molecule has 1 saturated carbocycles. The van der Waals surface area contributed by atoms with E-state index >= 15 is 0 Å². The molecule has 2 saturated heterocycles. The summed E-state index contributed by atoms with van der Waals surface area (Å²) in [4.78, 5) is 38.3. The van der Waals surface area contributed by atoms with Crippen molar-refractivity contribution < 1.29 is 14.4 Å². The van der Waals surface area contributed by atoms with Crippen LogP contribution in [-0.2, 0) is 22.7 Å². The highest BCUT2D eigenvalue weighted by atomic mass is 16.2. The smallest absolute Gasteiger partial charge is 0.255 e. The maximum Gasteiger partial charge on any atom is 0.255 e. The zero-order chi connectivity index (χ0) is 20.0. The lowest BCUT2D eigenvalue weighted by Gasteiger charge is -2.32. The lowest BCUT2D eigenvalue weighted by atomic mass is 9.87. The number of hydrogen-bond acceptors (Lipinski definition) is 5. The second-order valence-electron chi connectivity index (χ2n) is 8.88. The molecule has 0 bridgehead atoms. The minimum Gasteiger partial charge on any atom is -0.322 e. The summed E-state index contributed by atoms with van der Waals surface area (Å²) in [6.45, 7) is 3.40. The predicted octanol–water partition coefficient (Wildman–Crippen LogP) is 1.07. The zero-order valence-corrected chi connectivity index (χ0v) is 16.6. The first-order chi connectivity index (χ1) is 14.1. The molecule has 3 aliphatic heterocycles. The molecular formula is C22H28N4O3. The van der Waals surface area contributed by atoms with Gasteiger partial charge in [0.15, 0.2) is 0 Å². The first kappa shape index (κ1) is 18.8. The normalized spacial score (nSPS) is 26.4. The highest BCUT2D eigenvalue weighted by Gasteiger charge is 2.49. The highest BCUT2D eigenvalue weighted by molar-refractivity contribution is 6.05. The molecule has 3 amide bonds. The van der Waals surface area contributed by atoms with Gasteiger partial charge in [-0.1, -0.05) is 12.1 Å². The number of benzene rings is 1. The van der Waals surface area contributed by atoms with Gasteiger partial charge in [0.2, 0.25) is 11.8 Å². The van der Waals surface area contributed by atoms with E-state index in [2.05, 4.69) is 22.0 Å². The Hall–Kier alpha value is -2.25. The van der Waals surface area contributed by atoms with Crippen LogP contribution < -0.4 is 16.0 Å². The molecule has 4 aliphatic rings. The largest absolute Gasteiger partial charge is 0.322 e. The van der Waals surface area contributed by atoms with Crippen LogP contribution in [0.3, 0.4) is 0 Å². The average molecular weight is 396 g/mol. The Morgan fingerprint density at radius 1 is 1.10 bits per heavy atom. The number of nitrogens with one attached hydrogen (secondary N) is 3. The lowest BCUT2D eigenvalue weighted by molar-refractivity contribution is -0.136. The first-order valence-electron chi connectivity index (χ1n) is 10.8. The fraction of sp³-hybridized carbons (Fsp3) is 0.591. The lowest BCUT2D eigenvalue weighted by Crippen LogP contribution is -2.52. The third-order valence-corrected chi connectivity index (χ3v) is 7.22. The van der Waals surface area contributed by atoms with Gasteiger partial charge in [0, 0.05) is 30.6 Å². The molecule has 1 unspecified atom stereocenters. The molecule has 7 nitrogen and oxygen atoms in total. The van der Waals surface area contributed by atoms with Crippen molar-refractivity contribution in [3.05, 3.63) is 34.9 Å². The van der Waals surface area contributed by atoms with Gasteiger partial charge in [-0.05, 0) is 68.3 Å². The van der Waals surface area contributed by atoms with E-state index < -0.39 is 6.04 Å². The van der Waals surface area contributed by atoms with E-state index in [1.807, 2.05) is 12.1 Å². The molecule has 3 fully saturated rings. The standard InChI is InChI=1S/C22H28N4O3/c27-19-5-4-18(20(28)25-19)26-13-17-14(2-1-3-16(17)21(26)29)12-24-22(8-9-22)15-6-10-23-11-7-15/h1-3,15,18,23-24H,4-13H2,(H,25,27,28). The number of carbonyl (C=O) groups excluding carboxylic acids is 3. The number of amides is 3. The van der Waals surface area contributed by atoms with Gasteiger partial charge in [0.25, 0.3) is 5.91 Å². The van der Waals surface area contributed by atoms with Crippen LogP contribution in [0.15, 0.2) is 18.2 Å². The van der Waals surface area contributed by atoms with E-state index in [0.717, 1.165) is 36.7 Å². The second-order valence-corrected chi connectivity index (χ2v) is 8.88. The van der Waals surface area contributed by atoms with Crippen molar-refractivity contribution in [3.63, 3.8) is 0 Å². The van der Waals surface area contributed by atoms with Crippen LogP contribution in [0.4, 0.5) is 0 Å². The molecule has 1 atom stereocenters. The second kappa shape index (κ2) is 7.22. The Kier molecular flexibility index (Phi) is 4.67. The van der Waals surface area contributed by atoms with Crippen LogP contribution in [0.5, 0.6) is 0 Å². The number of piperidine rings is 2. The van der Waals surface area contributed by atoms with E-state index in [0.29, 0.717) is 18.5 Å². The molecule has 0 spiro atoms. The molecule has 154 valence electrons. The van der Waals surface area contributed by atoms with Crippen LogP contribution in [-0.4, -0.2) is 47.3 Å². The van der Waals surface area contributed by atoms with E-state index in [1.165, 1.54) is 25.7 Å². The number of fused-ring (bicyclic) bond motifs is 1. The Bertz CT molecular complexity index is 858. The fourth-order valence-electron chi connectivity index (χ4n) is 5.33. The Labute approximate surface area is 170 Å². The van der Waals surface area contributed by atoms with Gasteiger partial charge in [-0.3, -0.25) is 19.7 Å². The summed E-state index contributed by atoms with van der Waals surface area (Å²) in [5, 5.41) is 9.64. The molecule has 1 aliphatic carbocycles. The molecule has 5 rings (SSSR count). The van der Waals surface area contributed by atoms with Gasteiger partial charge < -0.3 is 15.5 Å². The van der Waals surface area contributed by atoms with Crippen molar-refractivity contribution in [3.8, 4) is 0 Å². The summed E-state index contributed by atoms with van der Waals surface area (Å²) in [6, 6.07) is 5.32. The van der Waals surface area contributed by atoms with Crippen molar-refractivity contribution in [1.29, 1.82) is 0 Å². The van der Waals surface area contributed by atoms with Crippen molar-refractivity contribution in [2.45, 2.75) is 63.2 Å². The van der Waals surface area contributed by atoms with Crippen LogP contribution in [0.25, 0.3) is 0 Å². The summed E-state index contributed by atoms with van der Waals surface area (Å²) >= 11 is 0. The Morgan fingerprint density at radius 2 is 1.90 bits per heavy atom. The Balaban J connectivity index is 1.31. The van der Waals surface area contributed by atoms with Gasteiger partial charge >= 0.3 is 0 Å². The van der Waals surface area contributed by atoms with Gasteiger partial charge in [0.05, 0.1) is 0 Å². The van der Waals surface area contributed by atoms with E-state index in [4.69, 9.17) is 0 Å². The molecule has 3 N–H and O–H groups in total. The van der Waals surface area contributed by atoms with Crippen molar-refractivity contribution >= 4 is 17.7 Å². The van der Waals surface area contributed by atoms with Gasteiger partial charge in [0.1, 0.15) is 6.04 Å². The number of nitrogens with zero attached hydrogens (tertiary/aromatic N) is 1. The summed E-state index contributed by atoms with van der Waals surface area (Å²) in [5.41, 5.74) is 3.12. The van der Waals surface area contributed by atoms with Crippen molar-refractivity contribution in [2.75, 3.05) is 13.1 Å². The van der Waals surface area contributed by atoms with E-state index in [-0.39, 0.29) is 29.7 Å². The minimum absolute atomic E-state index is 0.101. The molecule has 0 radical (unpaired) electrons. The minimum atomic E-state index is -0.557. The summed E-state index contributed by atoms with van der Waals surface area (Å²) in [5.74, 6) is 0.0100. The van der Waals surface area contributed by atoms with Gasteiger partial charge in [-0.2, -0.15) is 0 Å². The predicted molar refractivity (Wildman–Crippen MR) is 107 cm³/mol. The fourth-order valence-corrected chi connectivity index (χ4v) is 5.33. The molecule has 7 heteroatoms. The number of rotatable bonds is 5. The van der Waals surface area contributed by atoms with Crippen LogP contribution in [0.1, 0.15) is 60.0 Å². The maximum absolute atomic E-state index is 13.0. The third kappa shape index (κ3) is 3.36. The zero-order valence-electron chi connectivity index (χ0n) is 16.6. The highest BCUT2D eigenvalue weighted by Crippen LogP contribution is 2.46. The maximum atomic E-state index is 13.0. The van der Waals surface area contributed by atoms with E-state index in [1.54, 1.807) is 4.90 Å². The number of hydrogen-bond donors (Lipinski definition) is 3. The molecular weight excluding hydrogens is 368 g/mol. The van der Waals surface area contributed by atoms with Crippen LogP contribution in [0.2, 0.25) is 0 Å². The van der Waals surface area contributed by atoms with Crippen molar-refractivity contribution in [2.24, 2.45) is 5.92 Å². The molecule has 0 aromatic heterocycles. The SMILES string of the molecule is O=C1CCC(N2Cc3c(CNC4(C5CCNCC5)CC4)cccc3C2=O)C(=O)N1. The van der Waals surface area contributed by atoms with Gasteiger partial charge in [-0.25, -0.2) is 0 Å². The number of imide groups is 1. The number of carbonyl (C=O) groups is 3. The summed E-state index contributed by atoms with van der Waals surface area (Å²) in [7, 11) is 0. The van der Waals surface area contributed by atoms with Gasteiger partial charge in [-0.15, -0.1) is 0 Å². The molecule has 29 heavy (non-hydrogen) atoms. The monoisotopic (exact) mass is 396 g/mol. The molecule has 1 aromatic rings. The molecule has 3 heterocycles.